The number of amides is 1. The predicted molar refractivity (Wildman–Crippen MR) is 83.3 cm³/mol. The van der Waals surface area contributed by atoms with Gasteiger partial charge in [-0.3, -0.25) is 4.79 Å². The van der Waals surface area contributed by atoms with E-state index in [4.69, 9.17) is 0 Å². The van der Waals surface area contributed by atoms with E-state index in [9.17, 15) is 4.79 Å². The van der Waals surface area contributed by atoms with Crippen LogP contribution >= 0.6 is 11.3 Å². The Kier molecular flexibility index (Phi) is 4.90. The Balaban J connectivity index is 1.87. The molecule has 0 aliphatic heterocycles. The number of carbonyl (C=O) groups excluding carboxylic acids is 1. The Labute approximate surface area is 124 Å². The highest BCUT2D eigenvalue weighted by atomic mass is 32.1. The molecule has 3 nitrogen and oxygen atoms in total. The molecule has 1 aromatic carbocycles. The Morgan fingerprint density at radius 1 is 1.30 bits per heavy atom. The number of carbonyl (C=O) groups is 1. The standard InChI is InChI=1S/C16H20N2OS/c1-11(9-10-14-7-5-4-6-8-14)17-16(19)15-12(2)18-13(3)20-15/h4-8,11H,9-10H2,1-3H3,(H,17,19)/t11-/m1/s1. The number of aromatic nitrogens is 1. The minimum Gasteiger partial charge on any atom is -0.349 e. The maximum absolute atomic E-state index is 12.2. The van der Waals surface area contributed by atoms with Gasteiger partial charge < -0.3 is 5.32 Å². The largest absolute Gasteiger partial charge is 0.349 e. The Morgan fingerprint density at radius 2 is 2.00 bits per heavy atom. The molecule has 2 rings (SSSR count). The topological polar surface area (TPSA) is 42.0 Å². The monoisotopic (exact) mass is 288 g/mol. The average molecular weight is 288 g/mol. The maximum Gasteiger partial charge on any atom is 0.263 e. The molecule has 20 heavy (non-hydrogen) atoms. The number of rotatable bonds is 5. The second-order valence-electron chi connectivity index (χ2n) is 5.05. The lowest BCUT2D eigenvalue weighted by Gasteiger charge is -2.13. The lowest BCUT2D eigenvalue weighted by Crippen LogP contribution is -2.32. The van der Waals surface area contributed by atoms with Crippen molar-refractivity contribution >= 4 is 17.2 Å². The highest BCUT2D eigenvalue weighted by molar-refractivity contribution is 7.13. The van der Waals surface area contributed by atoms with Crippen LogP contribution in [0.25, 0.3) is 0 Å². The van der Waals surface area contributed by atoms with Gasteiger partial charge in [0.2, 0.25) is 0 Å². The van der Waals surface area contributed by atoms with E-state index in [1.54, 1.807) is 0 Å². The van der Waals surface area contributed by atoms with Crippen LogP contribution in [0.15, 0.2) is 30.3 Å². The molecule has 0 saturated heterocycles. The van der Waals surface area contributed by atoms with Crippen LogP contribution in [0, 0.1) is 13.8 Å². The first-order chi connectivity index (χ1) is 9.56. The molecule has 1 amide bonds. The van der Waals surface area contributed by atoms with Gasteiger partial charge in [-0.1, -0.05) is 30.3 Å². The molecular formula is C16H20N2OS. The summed E-state index contributed by atoms with van der Waals surface area (Å²) in [6.45, 7) is 5.85. The Bertz CT molecular complexity index is 577. The highest BCUT2D eigenvalue weighted by Crippen LogP contribution is 2.17. The number of benzene rings is 1. The van der Waals surface area contributed by atoms with Gasteiger partial charge in [0.05, 0.1) is 10.7 Å². The summed E-state index contributed by atoms with van der Waals surface area (Å²) in [7, 11) is 0. The van der Waals surface area contributed by atoms with Crippen LogP contribution < -0.4 is 5.32 Å². The van der Waals surface area contributed by atoms with E-state index < -0.39 is 0 Å². The third-order valence-corrected chi connectivity index (χ3v) is 4.27. The summed E-state index contributed by atoms with van der Waals surface area (Å²) in [5.74, 6) is -0.00587. The number of nitrogens with one attached hydrogen (secondary N) is 1. The molecule has 106 valence electrons. The number of aryl methyl sites for hydroxylation is 3. The quantitative estimate of drug-likeness (QED) is 0.914. The normalized spacial score (nSPS) is 12.2. The molecule has 0 saturated carbocycles. The summed E-state index contributed by atoms with van der Waals surface area (Å²) < 4.78 is 0. The lowest BCUT2D eigenvalue weighted by atomic mass is 10.1. The van der Waals surface area contributed by atoms with Crippen LogP contribution in [0.3, 0.4) is 0 Å². The van der Waals surface area contributed by atoms with Gasteiger partial charge >= 0.3 is 0 Å². The van der Waals surface area contributed by atoms with E-state index in [-0.39, 0.29) is 11.9 Å². The molecule has 0 bridgehead atoms. The van der Waals surface area contributed by atoms with Crippen molar-refractivity contribution in [2.24, 2.45) is 0 Å². The van der Waals surface area contributed by atoms with E-state index in [2.05, 4.69) is 22.4 Å². The van der Waals surface area contributed by atoms with Crippen molar-refractivity contribution in [1.29, 1.82) is 0 Å². The summed E-state index contributed by atoms with van der Waals surface area (Å²) in [6.07, 6.45) is 1.91. The third kappa shape index (κ3) is 3.90. The van der Waals surface area contributed by atoms with Crippen LogP contribution in [0.5, 0.6) is 0 Å². The fraction of sp³-hybridized carbons (Fsp3) is 0.375. The highest BCUT2D eigenvalue weighted by Gasteiger charge is 2.15. The molecule has 1 atom stereocenters. The summed E-state index contributed by atoms with van der Waals surface area (Å²) >= 11 is 1.46. The minimum absolute atomic E-state index is 0.00587. The van der Waals surface area contributed by atoms with E-state index in [1.165, 1.54) is 16.9 Å². The number of nitrogens with zero attached hydrogens (tertiary/aromatic N) is 1. The fourth-order valence-corrected chi connectivity index (χ4v) is 2.95. The third-order valence-electron chi connectivity index (χ3n) is 3.20. The molecule has 0 aliphatic carbocycles. The van der Waals surface area contributed by atoms with Crippen molar-refractivity contribution in [2.45, 2.75) is 39.7 Å². The fourth-order valence-electron chi connectivity index (χ4n) is 2.13. The first-order valence-electron chi connectivity index (χ1n) is 6.85. The summed E-state index contributed by atoms with van der Waals surface area (Å²) in [4.78, 5) is 17.2. The average Bonchev–Trinajstić information content (AvgIpc) is 2.77. The molecule has 1 aromatic heterocycles. The maximum atomic E-state index is 12.2. The summed E-state index contributed by atoms with van der Waals surface area (Å²) in [6, 6.07) is 10.5. The summed E-state index contributed by atoms with van der Waals surface area (Å²) in [5.41, 5.74) is 2.12. The van der Waals surface area contributed by atoms with Gasteiger partial charge in [-0.2, -0.15) is 0 Å². The van der Waals surface area contributed by atoms with Gasteiger partial charge in [0.15, 0.2) is 0 Å². The summed E-state index contributed by atoms with van der Waals surface area (Å²) in [5, 5.41) is 3.99. The minimum atomic E-state index is -0.00587. The number of thiazole rings is 1. The van der Waals surface area contributed by atoms with E-state index in [0.29, 0.717) is 0 Å². The van der Waals surface area contributed by atoms with Gasteiger partial charge in [-0.15, -0.1) is 11.3 Å². The van der Waals surface area contributed by atoms with Crippen LogP contribution in [0.2, 0.25) is 0 Å². The van der Waals surface area contributed by atoms with Crippen molar-refractivity contribution in [2.75, 3.05) is 0 Å². The molecule has 2 aromatic rings. The number of hydrogen-bond acceptors (Lipinski definition) is 3. The smallest absolute Gasteiger partial charge is 0.263 e. The molecule has 0 spiro atoms. The van der Waals surface area contributed by atoms with Crippen LogP contribution in [-0.4, -0.2) is 16.9 Å². The van der Waals surface area contributed by atoms with Gasteiger partial charge in [0.1, 0.15) is 4.88 Å². The second kappa shape index (κ2) is 6.66. The first kappa shape index (κ1) is 14.7. The number of hydrogen-bond donors (Lipinski definition) is 1. The molecule has 0 radical (unpaired) electrons. The first-order valence-corrected chi connectivity index (χ1v) is 7.66. The van der Waals surface area contributed by atoms with Crippen LogP contribution in [0.4, 0.5) is 0 Å². The molecule has 4 heteroatoms. The zero-order chi connectivity index (χ0) is 14.5. The molecule has 1 N–H and O–H groups in total. The Hall–Kier alpha value is -1.68. The van der Waals surface area contributed by atoms with Crippen molar-refractivity contribution < 1.29 is 4.79 Å². The lowest BCUT2D eigenvalue weighted by molar-refractivity contribution is 0.0942. The van der Waals surface area contributed by atoms with E-state index in [1.807, 2.05) is 39.0 Å². The molecule has 0 unspecified atom stereocenters. The zero-order valence-electron chi connectivity index (χ0n) is 12.1. The van der Waals surface area contributed by atoms with Gasteiger partial charge in [-0.05, 0) is 39.2 Å². The molecule has 0 fully saturated rings. The van der Waals surface area contributed by atoms with Crippen molar-refractivity contribution in [1.82, 2.24) is 10.3 Å². The van der Waals surface area contributed by atoms with Crippen molar-refractivity contribution in [3.05, 3.63) is 51.5 Å². The van der Waals surface area contributed by atoms with Gasteiger partial charge in [0.25, 0.3) is 5.91 Å². The van der Waals surface area contributed by atoms with E-state index in [0.717, 1.165) is 28.4 Å². The Morgan fingerprint density at radius 3 is 2.60 bits per heavy atom. The van der Waals surface area contributed by atoms with Gasteiger partial charge in [0, 0.05) is 6.04 Å². The molecular weight excluding hydrogens is 268 g/mol. The van der Waals surface area contributed by atoms with Gasteiger partial charge in [-0.25, -0.2) is 4.98 Å². The van der Waals surface area contributed by atoms with Crippen molar-refractivity contribution in [3.8, 4) is 0 Å². The van der Waals surface area contributed by atoms with E-state index >= 15 is 0 Å². The predicted octanol–water partition coefficient (Wildman–Crippen LogP) is 3.51. The van der Waals surface area contributed by atoms with Crippen LogP contribution in [-0.2, 0) is 6.42 Å². The second-order valence-corrected chi connectivity index (χ2v) is 6.25. The van der Waals surface area contributed by atoms with Crippen molar-refractivity contribution in [3.63, 3.8) is 0 Å². The SMILES string of the molecule is Cc1nc(C)c(C(=O)N[C@H](C)CCc2ccccc2)s1. The zero-order valence-corrected chi connectivity index (χ0v) is 13.0. The molecule has 0 aliphatic rings. The van der Waals surface area contributed by atoms with Crippen LogP contribution in [0.1, 0.15) is 39.3 Å². The molecule has 1 heterocycles.